The second kappa shape index (κ2) is 10.7. The van der Waals surface area contributed by atoms with Crippen molar-refractivity contribution in [3.63, 3.8) is 0 Å². The van der Waals surface area contributed by atoms with Crippen molar-refractivity contribution >= 4 is 31.5 Å². The lowest BCUT2D eigenvalue weighted by Gasteiger charge is -2.34. The summed E-state index contributed by atoms with van der Waals surface area (Å²) < 4.78 is 33.5. The Hall–Kier alpha value is -0.983. The minimum absolute atomic E-state index is 0.235. The van der Waals surface area contributed by atoms with Gasteiger partial charge in [-0.25, -0.2) is 8.78 Å². The predicted molar refractivity (Wildman–Crippen MR) is 116 cm³/mol. The summed E-state index contributed by atoms with van der Waals surface area (Å²) in [6.45, 7) is 7.34. The number of hydrogen-bond acceptors (Lipinski definition) is 2. The summed E-state index contributed by atoms with van der Waals surface area (Å²) in [4.78, 5) is 0. The first kappa shape index (κ1) is 23.3. The first-order chi connectivity index (χ1) is 13.3. The van der Waals surface area contributed by atoms with Gasteiger partial charge in [0.25, 0.3) is 0 Å². The molecule has 0 fully saturated rings. The Bertz CT molecular complexity index is 738. The normalized spacial score (nSPS) is 13.0. The fourth-order valence-corrected chi connectivity index (χ4v) is 6.72. The number of benzene rings is 2. The second-order valence-corrected chi connectivity index (χ2v) is 12.6. The van der Waals surface area contributed by atoms with E-state index in [2.05, 4.69) is 26.1 Å². The van der Waals surface area contributed by atoms with Crippen LogP contribution in [0.5, 0.6) is 0 Å². The molecule has 2 aromatic carbocycles. The van der Waals surface area contributed by atoms with Gasteiger partial charge in [-0.3, -0.25) is 0 Å². The lowest BCUT2D eigenvalue weighted by atomic mass is 10.1. The molecule has 7 heteroatoms. The van der Waals surface area contributed by atoms with Crippen molar-refractivity contribution in [3.8, 4) is 0 Å². The maximum Gasteiger partial charge on any atom is 0.192 e. The van der Waals surface area contributed by atoms with Gasteiger partial charge in [-0.05, 0) is 59.6 Å². The highest BCUT2D eigenvalue weighted by Gasteiger charge is 2.32. The minimum Gasteiger partial charge on any atom is -0.409 e. The van der Waals surface area contributed by atoms with E-state index >= 15 is 0 Å². The van der Waals surface area contributed by atoms with Crippen LogP contribution in [0.25, 0.3) is 0 Å². The van der Waals surface area contributed by atoms with E-state index in [0.717, 1.165) is 29.8 Å². The van der Waals surface area contributed by atoms with Gasteiger partial charge in [-0.1, -0.05) is 44.0 Å². The van der Waals surface area contributed by atoms with Gasteiger partial charge in [0.1, 0.15) is 11.6 Å². The van der Waals surface area contributed by atoms with Crippen molar-refractivity contribution in [1.82, 2.24) is 5.32 Å². The maximum atomic E-state index is 13.4. The fourth-order valence-electron chi connectivity index (χ4n) is 3.35. The summed E-state index contributed by atoms with van der Waals surface area (Å²) in [7, 11) is -1.89. The number of halogens is 4. The SMILES string of the molecule is CC[Si](CC)(CC)OC(CNCc1cc(F)cc(F)c1)c1cc(Cl)cc(Cl)c1. The van der Waals surface area contributed by atoms with Crippen molar-refractivity contribution in [1.29, 1.82) is 0 Å². The zero-order valence-corrected chi connectivity index (χ0v) is 19.0. The first-order valence-corrected chi connectivity index (χ1v) is 12.9. The van der Waals surface area contributed by atoms with E-state index in [-0.39, 0.29) is 6.10 Å². The molecular weight excluding hydrogens is 419 g/mol. The van der Waals surface area contributed by atoms with Crippen LogP contribution in [0.15, 0.2) is 36.4 Å². The lowest BCUT2D eigenvalue weighted by molar-refractivity contribution is 0.186. The Balaban J connectivity index is 2.19. The van der Waals surface area contributed by atoms with Crippen molar-refractivity contribution in [3.05, 3.63) is 69.2 Å². The average Bonchev–Trinajstić information content (AvgIpc) is 2.63. The predicted octanol–water partition coefficient (Wildman–Crippen LogP) is 7.12. The van der Waals surface area contributed by atoms with Crippen LogP contribution in [0.4, 0.5) is 8.78 Å². The van der Waals surface area contributed by atoms with Crippen molar-refractivity contribution < 1.29 is 13.2 Å². The minimum atomic E-state index is -1.89. The van der Waals surface area contributed by atoms with Crippen LogP contribution in [0, 0.1) is 11.6 Å². The van der Waals surface area contributed by atoms with E-state index in [4.69, 9.17) is 27.6 Å². The molecule has 1 unspecified atom stereocenters. The molecular formula is C21H27Cl2F2NOSi. The van der Waals surface area contributed by atoms with Crippen LogP contribution in [-0.2, 0) is 11.0 Å². The Labute approximate surface area is 177 Å². The van der Waals surface area contributed by atoms with E-state index in [1.165, 1.54) is 12.1 Å². The fraction of sp³-hybridized carbons (Fsp3) is 0.429. The Kier molecular flexibility index (Phi) is 8.90. The Morgan fingerprint density at radius 1 is 0.893 bits per heavy atom. The molecule has 0 aliphatic rings. The molecule has 0 radical (unpaired) electrons. The molecule has 154 valence electrons. The molecule has 0 saturated carbocycles. The quantitative estimate of drug-likeness (QED) is 0.392. The van der Waals surface area contributed by atoms with Gasteiger partial charge < -0.3 is 9.74 Å². The summed E-state index contributed by atoms with van der Waals surface area (Å²) in [5.74, 6) is -1.17. The van der Waals surface area contributed by atoms with Gasteiger partial charge in [0.15, 0.2) is 8.32 Å². The van der Waals surface area contributed by atoms with Gasteiger partial charge in [-0.15, -0.1) is 0 Å². The molecule has 0 bridgehead atoms. The Morgan fingerprint density at radius 2 is 1.43 bits per heavy atom. The third-order valence-corrected chi connectivity index (χ3v) is 10.3. The largest absolute Gasteiger partial charge is 0.409 e. The highest BCUT2D eigenvalue weighted by atomic mass is 35.5. The topological polar surface area (TPSA) is 21.3 Å². The van der Waals surface area contributed by atoms with Gasteiger partial charge >= 0.3 is 0 Å². The van der Waals surface area contributed by atoms with E-state index in [1.54, 1.807) is 6.07 Å². The van der Waals surface area contributed by atoms with Gasteiger partial charge in [0.05, 0.1) is 6.10 Å². The monoisotopic (exact) mass is 445 g/mol. The lowest BCUT2D eigenvalue weighted by Crippen LogP contribution is -2.39. The maximum absolute atomic E-state index is 13.4. The molecule has 0 aliphatic carbocycles. The van der Waals surface area contributed by atoms with Gasteiger partial charge in [-0.2, -0.15) is 0 Å². The summed E-state index contributed by atoms with van der Waals surface area (Å²) in [6.07, 6.45) is -0.235. The molecule has 1 N–H and O–H groups in total. The van der Waals surface area contributed by atoms with E-state index in [9.17, 15) is 8.78 Å². The molecule has 0 aliphatic heterocycles. The van der Waals surface area contributed by atoms with Crippen LogP contribution in [0.1, 0.15) is 38.0 Å². The summed E-state index contributed by atoms with van der Waals surface area (Å²) in [5, 5.41) is 4.38. The third kappa shape index (κ3) is 6.53. The van der Waals surface area contributed by atoms with Crippen molar-refractivity contribution in [2.45, 2.75) is 51.6 Å². The smallest absolute Gasteiger partial charge is 0.192 e. The van der Waals surface area contributed by atoms with E-state index in [0.29, 0.717) is 28.7 Å². The zero-order valence-electron chi connectivity index (χ0n) is 16.5. The van der Waals surface area contributed by atoms with Crippen LogP contribution in [-0.4, -0.2) is 14.9 Å². The average molecular weight is 446 g/mol. The summed E-state index contributed by atoms with van der Waals surface area (Å²) in [6, 6.07) is 12.0. The molecule has 2 aromatic rings. The highest BCUT2D eigenvalue weighted by Crippen LogP contribution is 2.32. The van der Waals surface area contributed by atoms with E-state index < -0.39 is 20.0 Å². The van der Waals surface area contributed by atoms with E-state index in [1.807, 2.05) is 12.1 Å². The third-order valence-electron chi connectivity index (χ3n) is 5.16. The number of nitrogens with one attached hydrogen (secondary N) is 1. The molecule has 0 heterocycles. The van der Waals surface area contributed by atoms with Crippen molar-refractivity contribution in [2.75, 3.05) is 6.54 Å². The first-order valence-electron chi connectivity index (χ1n) is 9.60. The standard InChI is InChI=1S/C21H27Cl2F2NOSi/c1-4-28(5-2,6-3)27-21(16-9-17(22)11-18(23)10-16)14-26-13-15-7-19(24)12-20(25)8-15/h7-12,21,26H,4-6,13-14H2,1-3H3. The molecule has 0 saturated heterocycles. The van der Waals surface area contributed by atoms with Gasteiger partial charge in [0, 0.05) is 29.2 Å². The summed E-state index contributed by atoms with van der Waals surface area (Å²) in [5.41, 5.74) is 1.45. The zero-order chi connectivity index (χ0) is 20.7. The summed E-state index contributed by atoms with van der Waals surface area (Å²) >= 11 is 12.4. The molecule has 0 spiro atoms. The Morgan fingerprint density at radius 3 is 1.93 bits per heavy atom. The van der Waals surface area contributed by atoms with Gasteiger partial charge in [0.2, 0.25) is 0 Å². The number of rotatable bonds is 10. The molecule has 1 atom stereocenters. The van der Waals surface area contributed by atoms with Crippen LogP contribution < -0.4 is 5.32 Å². The highest BCUT2D eigenvalue weighted by molar-refractivity contribution is 6.73. The molecule has 2 nitrogen and oxygen atoms in total. The number of hydrogen-bond donors (Lipinski definition) is 1. The molecule has 0 amide bonds. The van der Waals surface area contributed by atoms with Crippen LogP contribution >= 0.6 is 23.2 Å². The molecule has 0 aromatic heterocycles. The van der Waals surface area contributed by atoms with Crippen LogP contribution in [0.2, 0.25) is 28.2 Å². The molecule has 28 heavy (non-hydrogen) atoms. The van der Waals surface area contributed by atoms with Crippen LogP contribution in [0.3, 0.4) is 0 Å². The molecule has 2 rings (SSSR count). The van der Waals surface area contributed by atoms with Crippen molar-refractivity contribution in [2.24, 2.45) is 0 Å². The second-order valence-electron chi connectivity index (χ2n) is 6.96.